The van der Waals surface area contributed by atoms with E-state index in [2.05, 4.69) is 47.9 Å². The van der Waals surface area contributed by atoms with Gasteiger partial charge in [-0.3, -0.25) is 4.90 Å². The lowest BCUT2D eigenvalue weighted by atomic mass is 9.71. The maximum atomic E-state index is 10.2. The van der Waals surface area contributed by atoms with E-state index >= 15 is 0 Å². The van der Waals surface area contributed by atoms with Crippen LogP contribution in [0.25, 0.3) is 11.4 Å². The fourth-order valence-corrected chi connectivity index (χ4v) is 7.86. The Morgan fingerprint density at radius 2 is 2.10 bits per heavy atom. The number of likely N-dealkylation sites (tertiary alicyclic amines) is 1. The van der Waals surface area contributed by atoms with Crippen molar-refractivity contribution in [1.82, 2.24) is 24.1 Å². The van der Waals surface area contributed by atoms with Gasteiger partial charge in [0, 0.05) is 41.4 Å². The maximum absolute atomic E-state index is 10.2. The van der Waals surface area contributed by atoms with E-state index in [4.69, 9.17) is 18.8 Å². The van der Waals surface area contributed by atoms with Crippen molar-refractivity contribution in [2.24, 2.45) is 4.99 Å². The summed E-state index contributed by atoms with van der Waals surface area (Å²) in [6, 6.07) is 6.99. The molecule has 0 N–H and O–H groups in total. The number of likely N-dealkylation sites (N-methyl/N-ethyl adjacent to an activating group) is 1. The lowest BCUT2D eigenvalue weighted by Crippen LogP contribution is -2.38. The normalized spacial score (nSPS) is 22.0. The highest BCUT2D eigenvalue weighted by atomic mass is 32.1. The van der Waals surface area contributed by atoms with Gasteiger partial charge in [-0.1, -0.05) is 6.92 Å². The number of nitrogens with zero attached hydrogens (tertiary/aromatic N) is 7. The molecule has 3 atom stereocenters. The quantitative estimate of drug-likeness (QED) is 0.269. The molecule has 39 heavy (non-hydrogen) atoms. The van der Waals surface area contributed by atoms with Gasteiger partial charge in [0.1, 0.15) is 28.6 Å². The van der Waals surface area contributed by atoms with Crippen LogP contribution in [0.3, 0.4) is 0 Å². The molecule has 1 unspecified atom stereocenters. The molecule has 0 aromatic carbocycles. The van der Waals surface area contributed by atoms with Crippen LogP contribution in [0.5, 0.6) is 11.9 Å². The molecule has 1 aliphatic carbocycles. The Bertz CT molecular complexity index is 1410. The molecule has 11 heteroatoms. The van der Waals surface area contributed by atoms with Crippen LogP contribution in [0, 0.1) is 11.3 Å². The summed E-state index contributed by atoms with van der Waals surface area (Å²) in [5.41, 5.74) is 2.86. The molecule has 9 nitrogen and oxygen atoms in total. The van der Waals surface area contributed by atoms with E-state index in [0.29, 0.717) is 29.2 Å². The van der Waals surface area contributed by atoms with Crippen LogP contribution in [-0.2, 0) is 11.8 Å². The van der Waals surface area contributed by atoms with E-state index in [9.17, 15) is 5.26 Å². The van der Waals surface area contributed by atoms with Gasteiger partial charge >= 0.3 is 6.01 Å². The molecule has 0 saturated carbocycles. The molecule has 3 aromatic rings. The van der Waals surface area contributed by atoms with Gasteiger partial charge in [0.2, 0.25) is 5.88 Å². The average molecular weight is 566 g/mol. The topological polar surface area (TPSA) is 99.8 Å². The van der Waals surface area contributed by atoms with Gasteiger partial charge in [-0.15, -0.1) is 11.3 Å². The average Bonchev–Trinajstić information content (AvgIpc) is 3.66. The zero-order valence-electron chi connectivity index (χ0n) is 23.4. The summed E-state index contributed by atoms with van der Waals surface area (Å²) in [5, 5.41) is 10.9. The highest BCUT2D eigenvalue weighted by Crippen LogP contribution is 2.51. The molecule has 206 valence electrons. The predicted molar refractivity (Wildman–Crippen MR) is 156 cm³/mol. The SMILES string of the molecule is COc1cc(-c2cc(C3(C)CCCc4sc(N=CN(C)C)c(C#N)c43)sn2)nc(O[C@@H](C)[C@@H]2CCCN2C)n1. The summed E-state index contributed by atoms with van der Waals surface area (Å²) in [6.07, 6.45) is 6.93. The molecule has 1 fully saturated rings. The summed E-state index contributed by atoms with van der Waals surface area (Å²) in [4.78, 5) is 20.4. The predicted octanol–water partition coefficient (Wildman–Crippen LogP) is 5.27. The van der Waals surface area contributed by atoms with Gasteiger partial charge in [-0.25, -0.2) is 4.99 Å². The smallest absolute Gasteiger partial charge is 0.320 e. The van der Waals surface area contributed by atoms with Crippen molar-refractivity contribution < 1.29 is 9.47 Å². The van der Waals surface area contributed by atoms with Crippen molar-refractivity contribution in [3.63, 3.8) is 0 Å². The zero-order chi connectivity index (χ0) is 27.7. The van der Waals surface area contributed by atoms with Gasteiger partial charge in [-0.05, 0) is 75.8 Å². The standard InChI is InChI=1S/C28H35N7O2S2/c1-17(21-9-8-12-35(21)5)37-27-31-19(14-24(32-27)36-6)20-13-23(39-33-20)28(2)11-7-10-22-25(28)18(15-29)26(38-22)30-16-34(3)4/h13-14,16-17,21H,7-12H2,1-6H3/t17-,21-,28?/m0/s1. The number of hydrogen-bond donors (Lipinski definition) is 0. The minimum atomic E-state index is -0.324. The van der Waals surface area contributed by atoms with E-state index in [1.165, 1.54) is 22.8 Å². The summed E-state index contributed by atoms with van der Waals surface area (Å²) in [5.74, 6) is 0.440. The summed E-state index contributed by atoms with van der Waals surface area (Å²) < 4.78 is 16.5. The van der Waals surface area contributed by atoms with E-state index in [1.807, 2.05) is 19.0 Å². The third kappa shape index (κ3) is 5.38. The molecule has 4 heterocycles. The first-order valence-electron chi connectivity index (χ1n) is 13.3. The maximum Gasteiger partial charge on any atom is 0.320 e. The molecule has 3 aromatic heterocycles. The van der Waals surface area contributed by atoms with E-state index in [-0.39, 0.29) is 11.5 Å². The lowest BCUT2D eigenvalue weighted by molar-refractivity contribution is 0.111. The molecular formula is C28H35N7O2S2. The van der Waals surface area contributed by atoms with Gasteiger partial charge in [0.25, 0.3) is 0 Å². The molecule has 2 aliphatic rings. The number of hydrogen-bond acceptors (Lipinski definition) is 10. The second kappa shape index (κ2) is 11.2. The van der Waals surface area contributed by atoms with E-state index in [0.717, 1.165) is 53.4 Å². The van der Waals surface area contributed by atoms with Crippen molar-refractivity contribution in [3.8, 4) is 29.3 Å². The first-order chi connectivity index (χ1) is 18.7. The second-order valence-corrected chi connectivity index (χ2v) is 12.6. The largest absolute Gasteiger partial charge is 0.481 e. The first-order valence-corrected chi connectivity index (χ1v) is 14.9. The lowest BCUT2D eigenvalue weighted by Gasteiger charge is -2.33. The number of fused-ring (bicyclic) bond motifs is 1. The third-order valence-electron chi connectivity index (χ3n) is 7.73. The Labute approximate surface area is 238 Å². The number of thiophene rings is 1. The van der Waals surface area contributed by atoms with Crippen LogP contribution < -0.4 is 9.47 Å². The van der Waals surface area contributed by atoms with Crippen LogP contribution in [-0.4, -0.2) is 77.4 Å². The Morgan fingerprint density at radius 3 is 2.79 bits per heavy atom. The van der Waals surface area contributed by atoms with Crippen LogP contribution in [0.4, 0.5) is 5.00 Å². The molecule has 0 bridgehead atoms. The number of methoxy groups -OCH3 is 1. The van der Waals surface area contributed by atoms with Gasteiger partial charge in [-0.2, -0.15) is 19.6 Å². The molecule has 0 spiro atoms. The van der Waals surface area contributed by atoms with E-state index < -0.39 is 0 Å². The highest BCUT2D eigenvalue weighted by molar-refractivity contribution is 7.16. The molecule has 5 rings (SSSR count). The fourth-order valence-electron chi connectivity index (χ4n) is 5.68. The van der Waals surface area contributed by atoms with Gasteiger partial charge < -0.3 is 14.4 Å². The molecule has 1 aliphatic heterocycles. The van der Waals surface area contributed by atoms with Crippen molar-refractivity contribution in [1.29, 1.82) is 5.26 Å². The van der Waals surface area contributed by atoms with Gasteiger partial charge in [0.15, 0.2) is 0 Å². The number of aryl methyl sites for hydroxylation is 1. The van der Waals surface area contributed by atoms with Crippen molar-refractivity contribution >= 4 is 34.2 Å². The number of aliphatic imine (C=N–C) groups is 1. The molecule has 0 radical (unpaired) electrons. The highest BCUT2D eigenvalue weighted by Gasteiger charge is 2.40. The number of ether oxygens (including phenoxy) is 2. The number of rotatable bonds is 8. The zero-order valence-corrected chi connectivity index (χ0v) is 25.0. The molecule has 0 amide bonds. The minimum Gasteiger partial charge on any atom is -0.481 e. The van der Waals surface area contributed by atoms with Crippen molar-refractivity contribution in [3.05, 3.63) is 33.0 Å². The monoisotopic (exact) mass is 565 g/mol. The third-order valence-corrected chi connectivity index (χ3v) is 9.94. The minimum absolute atomic E-state index is 0.0460. The van der Waals surface area contributed by atoms with Crippen LogP contribution >= 0.6 is 22.9 Å². The second-order valence-electron chi connectivity index (χ2n) is 10.8. The first kappa shape index (κ1) is 27.5. The molecular weight excluding hydrogens is 530 g/mol. The Kier molecular flexibility index (Phi) is 7.89. The molecule has 1 saturated heterocycles. The summed E-state index contributed by atoms with van der Waals surface area (Å²) >= 11 is 3.10. The van der Waals surface area contributed by atoms with Crippen LogP contribution in [0.15, 0.2) is 17.1 Å². The van der Waals surface area contributed by atoms with Crippen molar-refractivity contribution in [2.75, 3.05) is 34.8 Å². The van der Waals surface area contributed by atoms with E-state index in [1.54, 1.807) is 30.9 Å². The summed E-state index contributed by atoms with van der Waals surface area (Å²) in [6.45, 7) is 5.37. The number of nitriles is 1. The summed E-state index contributed by atoms with van der Waals surface area (Å²) in [7, 11) is 7.58. The van der Waals surface area contributed by atoms with Crippen molar-refractivity contribution in [2.45, 2.75) is 63.5 Å². The van der Waals surface area contributed by atoms with Crippen LogP contribution in [0.2, 0.25) is 0 Å². The number of aromatic nitrogens is 3. The van der Waals surface area contributed by atoms with Gasteiger partial charge in [0.05, 0.1) is 19.0 Å². The Balaban J connectivity index is 1.48. The Morgan fingerprint density at radius 1 is 1.28 bits per heavy atom. The van der Waals surface area contributed by atoms with Crippen LogP contribution in [0.1, 0.15) is 60.4 Å². The Hall–Kier alpha value is -3.07. The fraction of sp³-hybridized carbons (Fsp3) is 0.536.